The molecule has 1 aliphatic rings. The molecule has 19 heavy (non-hydrogen) atoms. The van der Waals surface area contributed by atoms with Crippen molar-refractivity contribution in [2.24, 2.45) is 0 Å². The molecule has 1 fully saturated rings. The van der Waals surface area contributed by atoms with E-state index in [-0.39, 0.29) is 11.2 Å². The highest BCUT2D eigenvalue weighted by molar-refractivity contribution is 7.83. The minimum absolute atomic E-state index is 0.127. The van der Waals surface area contributed by atoms with Crippen LogP contribution in [0.15, 0.2) is 0 Å². The molecule has 0 spiro atoms. The van der Waals surface area contributed by atoms with Crippen LogP contribution in [0, 0.1) is 0 Å². The highest BCUT2D eigenvalue weighted by atomic mass is 29.8. The molecule has 1 aliphatic heterocycles. The Labute approximate surface area is 121 Å². The fourth-order valence-corrected chi connectivity index (χ4v) is 70.4. The van der Waals surface area contributed by atoms with Crippen LogP contribution in [0.1, 0.15) is 20.8 Å². The largest absolute Gasteiger partial charge is 0.520 e. The van der Waals surface area contributed by atoms with Gasteiger partial charge in [-0.05, 0) is 33.5 Å². The number of carbonyl (C=O) groups is 1. The lowest BCUT2D eigenvalue weighted by Crippen LogP contribution is -2.91. The van der Waals surface area contributed by atoms with Gasteiger partial charge in [0.2, 0.25) is 0 Å². The van der Waals surface area contributed by atoms with Gasteiger partial charge in [-0.1, -0.05) is 26.2 Å². The second-order valence-corrected chi connectivity index (χ2v) is 45.7. The fourth-order valence-electron chi connectivity index (χ4n) is 3.50. The topological polar surface area (TPSA) is 35.5 Å². The maximum absolute atomic E-state index is 11.7. The molecule has 1 rings (SSSR count). The van der Waals surface area contributed by atoms with Crippen LogP contribution in [0.4, 0.5) is 0 Å². The van der Waals surface area contributed by atoms with E-state index in [0.29, 0.717) is 0 Å². The Balaban J connectivity index is 3.50. The SMILES string of the molecule is CC(=O)O[Si]1(C)C(C)(C)O[Si](C)(C)[Si](C)(C)[Si]1(C)C. The fraction of sp³-hybridized carbons (Fsp3) is 0.917. The molecule has 0 saturated carbocycles. The predicted molar refractivity (Wildman–Crippen MR) is 91.0 cm³/mol. The van der Waals surface area contributed by atoms with Crippen molar-refractivity contribution >= 4 is 35.9 Å². The number of hydrogen-bond acceptors (Lipinski definition) is 3. The Bertz CT molecular complexity index is 404. The van der Waals surface area contributed by atoms with Crippen LogP contribution in [-0.2, 0) is 13.6 Å². The Hall–Kier alpha value is 0.298. The third-order valence-electron chi connectivity index (χ3n) is 6.27. The standard InChI is InChI=1S/C12H30O3Si4/c1-11(13)14-19(10)12(2,3)15-16(4,5)17(6,7)18(19,8)9/h1-10H3. The second-order valence-electron chi connectivity index (χ2n) is 8.00. The number of carbonyl (C=O) groups excluding carboxylic acids is 1. The lowest BCUT2D eigenvalue weighted by molar-refractivity contribution is -0.133. The summed E-state index contributed by atoms with van der Waals surface area (Å²) in [6.45, 7) is 22.8. The van der Waals surface area contributed by atoms with E-state index in [0.717, 1.165) is 0 Å². The second kappa shape index (κ2) is 4.39. The van der Waals surface area contributed by atoms with Crippen molar-refractivity contribution in [1.29, 1.82) is 0 Å². The first-order valence-corrected chi connectivity index (χ1v) is 21.3. The summed E-state index contributed by atoms with van der Waals surface area (Å²) in [5.74, 6) is -0.127. The quantitative estimate of drug-likeness (QED) is 0.690. The smallest absolute Gasteiger partial charge is 0.289 e. The van der Waals surface area contributed by atoms with Gasteiger partial charge in [-0.3, -0.25) is 4.79 Å². The molecule has 0 amide bonds. The highest BCUT2D eigenvalue weighted by Crippen LogP contribution is 2.48. The minimum atomic E-state index is -2.22. The van der Waals surface area contributed by atoms with Gasteiger partial charge in [0.05, 0.1) is 19.4 Å². The monoisotopic (exact) mass is 334 g/mol. The number of hydrogen-bond donors (Lipinski definition) is 0. The first-order chi connectivity index (χ1) is 8.12. The van der Waals surface area contributed by atoms with Crippen molar-refractivity contribution in [3.05, 3.63) is 0 Å². The van der Waals surface area contributed by atoms with Crippen LogP contribution in [0.25, 0.3) is 0 Å². The summed E-state index contributed by atoms with van der Waals surface area (Å²) in [5.41, 5.74) is 0. The summed E-state index contributed by atoms with van der Waals surface area (Å²) in [7, 11) is -7.03. The van der Waals surface area contributed by atoms with Crippen molar-refractivity contribution in [2.45, 2.75) is 71.8 Å². The molecule has 0 aromatic rings. The first kappa shape index (κ1) is 17.3. The van der Waals surface area contributed by atoms with Crippen LogP contribution < -0.4 is 0 Å². The normalized spacial score (nSPS) is 34.6. The van der Waals surface area contributed by atoms with Gasteiger partial charge in [-0.15, -0.1) is 0 Å². The lowest BCUT2D eigenvalue weighted by atomic mass is 10.5. The van der Waals surface area contributed by atoms with E-state index in [1.807, 2.05) is 0 Å². The summed E-state index contributed by atoms with van der Waals surface area (Å²) >= 11 is 0. The van der Waals surface area contributed by atoms with E-state index in [1.54, 1.807) is 6.92 Å². The van der Waals surface area contributed by atoms with Gasteiger partial charge < -0.3 is 8.85 Å². The van der Waals surface area contributed by atoms with Gasteiger partial charge >= 0.3 is 0 Å². The third-order valence-corrected chi connectivity index (χ3v) is 70.3. The predicted octanol–water partition coefficient (Wildman–Crippen LogP) is 3.33. The van der Waals surface area contributed by atoms with Crippen LogP contribution in [0.3, 0.4) is 0 Å². The van der Waals surface area contributed by atoms with E-state index >= 15 is 0 Å². The van der Waals surface area contributed by atoms with Gasteiger partial charge in [0.25, 0.3) is 13.8 Å². The molecule has 0 bridgehead atoms. The summed E-state index contributed by atoms with van der Waals surface area (Å²) in [5, 5.41) is -0.257. The van der Waals surface area contributed by atoms with Crippen LogP contribution in [-0.4, -0.2) is 41.1 Å². The Morgan fingerprint density at radius 3 is 1.74 bits per heavy atom. The summed E-state index contributed by atoms with van der Waals surface area (Å²) in [6.07, 6.45) is 0. The molecule has 1 atom stereocenters. The van der Waals surface area contributed by atoms with E-state index in [2.05, 4.69) is 59.7 Å². The average molecular weight is 335 g/mol. The van der Waals surface area contributed by atoms with E-state index in [1.165, 1.54) is 0 Å². The van der Waals surface area contributed by atoms with Crippen molar-refractivity contribution < 1.29 is 13.6 Å². The maximum atomic E-state index is 11.7. The molecule has 0 aromatic heterocycles. The van der Waals surface area contributed by atoms with Gasteiger partial charge in [0.15, 0.2) is 7.83 Å². The summed E-state index contributed by atoms with van der Waals surface area (Å²) in [6, 6.07) is 0. The molecule has 1 heterocycles. The lowest BCUT2D eigenvalue weighted by Gasteiger charge is -2.64. The van der Waals surface area contributed by atoms with E-state index in [4.69, 9.17) is 8.85 Å². The first-order valence-electron chi connectivity index (χ1n) is 7.02. The number of rotatable bonds is 1. The average Bonchev–Trinajstić information content (AvgIpc) is 2.12. The molecule has 112 valence electrons. The van der Waals surface area contributed by atoms with E-state index < -0.39 is 29.9 Å². The van der Waals surface area contributed by atoms with Gasteiger partial charge in [-0.2, -0.15) is 0 Å². The molecule has 3 nitrogen and oxygen atoms in total. The molecule has 0 N–H and O–H groups in total. The molecule has 0 aromatic carbocycles. The zero-order valence-electron chi connectivity index (χ0n) is 14.2. The molecule has 0 radical (unpaired) electrons. The molecular weight excluding hydrogens is 304 g/mol. The van der Waals surface area contributed by atoms with Crippen molar-refractivity contribution in [1.82, 2.24) is 0 Å². The zero-order valence-corrected chi connectivity index (χ0v) is 18.2. The Morgan fingerprint density at radius 1 is 0.947 bits per heavy atom. The van der Waals surface area contributed by atoms with Crippen molar-refractivity contribution in [3.8, 4) is 0 Å². The summed E-state index contributed by atoms with van der Waals surface area (Å²) in [4.78, 5) is 11.7. The van der Waals surface area contributed by atoms with Gasteiger partial charge in [0, 0.05) is 6.92 Å². The molecule has 0 aliphatic carbocycles. The zero-order chi connectivity index (χ0) is 15.5. The van der Waals surface area contributed by atoms with Crippen molar-refractivity contribution in [2.75, 3.05) is 0 Å². The third kappa shape index (κ3) is 2.17. The van der Waals surface area contributed by atoms with E-state index in [9.17, 15) is 4.79 Å². The molecule has 7 heteroatoms. The van der Waals surface area contributed by atoms with Gasteiger partial charge in [0.1, 0.15) is 0 Å². The Kier molecular flexibility index (Phi) is 4.01. The molecule has 1 saturated heterocycles. The van der Waals surface area contributed by atoms with Crippen molar-refractivity contribution in [3.63, 3.8) is 0 Å². The summed E-state index contributed by atoms with van der Waals surface area (Å²) < 4.78 is 12.7. The maximum Gasteiger partial charge on any atom is 0.289 e. The van der Waals surface area contributed by atoms with Crippen LogP contribution in [0.5, 0.6) is 0 Å². The van der Waals surface area contributed by atoms with Crippen LogP contribution >= 0.6 is 0 Å². The molecule has 1 unspecified atom stereocenters. The van der Waals surface area contributed by atoms with Gasteiger partial charge in [-0.25, -0.2) is 0 Å². The minimum Gasteiger partial charge on any atom is -0.520 e. The highest BCUT2D eigenvalue weighted by Gasteiger charge is 2.74. The van der Waals surface area contributed by atoms with Crippen LogP contribution in [0.2, 0.25) is 45.8 Å². The molecular formula is C12H30O3Si4. The Morgan fingerprint density at radius 2 is 1.37 bits per heavy atom.